The minimum absolute atomic E-state index is 0.763. The lowest BCUT2D eigenvalue weighted by atomic mass is 10.3. The fourth-order valence-corrected chi connectivity index (χ4v) is 2.79. The van der Waals surface area contributed by atoms with Gasteiger partial charge in [-0.05, 0) is 53.3 Å². The Morgan fingerprint density at radius 2 is 2.17 bits per heavy atom. The minimum Gasteiger partial charge on any atom is -0.379 e. The molecule has 0 fully saturated rings. The maximum absolute atomic E-state index is 5.93. The van der Waals surface area contributed by atoms with Crippen LogP contribution in [0.15, 0.2) is 24.3 Å². The van der Waals surface area contributed by atoms with E-state index in [-0.39, 0.29) is 0 Å². The fraction of sp³-hybridized carbons (Fsp3) is 0.308. The number of anilines is 1. The predicted octanol–water partition coefficient (Wildman–Crippen LogP) is 3.85. The normalized spacial score (nSPS) is 10.7. The molecule has 1 aromatic carbocycles. The molecule has 3 nitrogen and oxygen atoms in total. The molecule has 0 unspecified atom stereocenters. The number of rotatable bonds is 4. The summed E-state index contributed by atoms with van der Waals surface area (Å²) >= 11 is 8.22. The first-order chi connectivity index (χ1) is 8.60. The Kier molecular flexibility index (Phi) is 4.50. The second-order valence-corrected chi connectivity index (χ2v) is 5.68. The van der Waals surface area contributed by atoms with Gasteiger partial charge in [0.15, 0.2) is 0 Å². The molecule has 0 amide bonds. The summed E-state index contributed by atoms with van der Waals surface area (Å²) in [5.74, 6) is 0. The Balaban J connectivity index is 2.08. The number of nitrogens with zero attached hydrogens (tertiary/aromatic N) is 2. The minimum atomic E-state index is 0.763. The van der Waals surface area contributed by atoms with E-state index in [0.717, 1.165) is 32.9 Å². The molecule has 0 aliphatic rings. The van der Waals surface area contributed by atoms with Crippen LogP contribution in [0.25, 0.3) is 0 Å². The SMILES string of the molecule is CCc1cc(CNc2ccc(Cl)cc2I)n(C)n1. The summed E-state index contributed by atoms with van der Waals surface area (Å²) in [6.07, 6.45) is 0.965. The molecular weight excluding hydrogens is 361 g/mol. The Bertz CT molecular complexity index is 551. The van der Waals surface area contributed by atoms with Crippen molar-refractivity contribution in [1.29, 1.82) is 0 Å². The molecular formula is C13H15ClIN3. The molecule has 1 heterocycles. The molecule has 1 N–H and O–H groups in total. The highest BCUT2D eigenvalue weighted by Gasteiger charge is 2.05. The summed E-state index contributed by atoms with van der Waals surface area (Å²) in [4.78, 5) is 0. The van der Waals surface area contributed by atoms with Crippen molar-refractivity contribution in [3.05, 3.63) is 44.2 Å². The second-order valence-electron chi connectivity index (χ2n) is 4.08. The Morgan fingerprint density at radius 3 is 2.78 bits per heavy atom. The van der Waals surface area contributed by atoms with Gasteiger partial charge in [-0.2, -0.15) is 5.10 Å². The summed E-state index contributed by atoms with van der Waals surface area (Å²) in [6, 6.07) is 7.98. The number of aryl methyl sites for hydroxylation is 2. The Hall–Kier alpha value is -0.750. The standard InChI is InChI=1S/C13H15ClIN3/c1-3-10-7-11(18(2)17-10)8-16-13-5-4-9(14)6-12(13)15/h4-7,16H,3,8H2,1-2H3. The molecule has 0 bridgehead atoms. The van der Waals surface area contributed by atoms with E-state index in [9.17, 15) is 0 Å². The molecule has 0 saturated carbocycles. The molecule has 96 valence electrons. The quantitative estimate of drug-likeness (QED) is 0.823. The summed E-state index contributed by atoms with van der Waals surface area (Å²) in [5, 5.41) is 8.60. The van der Waals surface area contributed by atoms with Crippen molar-refractivity contribution in [2.75, 3.05) is 5.32 Å². The predicted molar refractivity (Wildman–Crippen MR) is 84.1 cm³/mol. The van der Waals surface area contributed by atoms with Crippen molar-refractivity contribution in [3.8, 4) is 0 Å². The fourth-order valence-electron chi connectivity index (χ4n) is 1.73. The molecule has 2 rings (SSSR count). The van der Waals surface area contributed by atoms with Crippen molar-refractivity contribution in [2.24, 2.45) is 7.05 Å². The highest BCUT2D eigenvalue weighted by atomic mass is 127. The van der Waals surface area contributed by atoms with Gasteiger partial charge in [0.2, 0.25) is 0 Å². The van der Waals surface area contributed by atoms with Crippen LogP contribution in [0.3, 0.4) is 0 Å². The largest absolute Gasteiger partial charge is 0.379 e. The van der Waals surface area contributed by atoms with Gasteiger partial charge in [-0.25, -0.2) is 0 Å². The van der Waals surface area contributed by atoms with E-state index >= 15 is 0 Å². The van der Waals surface area contributed by atoms with Crippen molar-refractivity contribution in [3.63, 3.8) is 0 Å². The zero-order valence-corrected chi connectivity index (χ0v) is 13.3. The zero-order valence-electron chi connectivity index (χ0n) is 10.4. The smallest absolute Gasteiger partial charge is 0.0625 e. The van der Waals surface area contributed by atoms with E-state index in [0.29, 0.717) is 0 Å². The van der Waals surface area contributed by atoms with Gasteiger partial charge in [0.1, 0.15) is 0 Å². The summed E-state index contributed by atoms with van der Waals surface area (Å²) in [5.41, 5.74) is 3.40. The van der Waals surface area contributed by atoms with Crippen molar-refractivity contribution in [2.45, 2.75) is 19.9 Å². The van der Waals surface area contributed by atoms with Crippen LogP contribution < -0.4 is 5.32 Å². The molecule has 0 saturated heterocycles. The van der Waals surface area contributed by atoms with Gasteiger partial charge < -0.3 is 5.32 Å². The van der Waals surface area contributed by atoms with E-state index in [2.05, 4.69) is 46.0 Å². The third kappa shape index (κ3) is 3.17. The number of aromatic nitrogens is 2. The summed E-state index contributed by atoms with van der Waals surface area (Å²) < 4.78 is 3.05. The van der Waals surface area contributed by atoms with Gasteiger partial charge in [-0.1, -0.05) is 18.5 Å². The number of nitrogens with one attached hydrogen (secondary N) is 1. The van der Waals surface area contributed by atoms with Crippen LogP contribution in [0.2, 0.25) is 5.02 Å². The van der Waals surface area contributed by atoms with Gasteiger partial charge in [-0.3, -0.25) is 4.68 Å². The summed E-state index contributed by atoms with van der Waals surface area (Å²) in [6.45, 7) is 2.88. The second kappa shape index (κ2) is 5.93. The Labute approximate surface area is 126 Å². The first kappa shape index (κ1) is 13.7. The maximum Gasteiger partial charge on any atom is 0.0625 e. The monoisotopic (exact) mass is 375 g/mol. The van der Waals surface area contributed by atoms with Gasteiger partial charge in [-0.15, -0.1) is 0 Å². The van der Waals surface area contributed by atoms with Crippen LogP contribution in [-0.4, -0.2) is 9.78 Å². The van der Waals surface area contributed by atoms with Crippen molar-refractivity contribution in [1.82, 2.24) is 9.78 Å². The highest BCUT2D eigenvalue weighted by molar-refractivity contribution is 14.1. The van der Waals surface area contributed by atoms with E-state index in [1.165, 1.54) is 5.69 Å². The summed E-state index contributed by atoms with van der Waals surface area (Å²) in [7, 11) is 1.98. The van der Waals surface area contributed by atoms with Gasteiger partial charge in [0.05, 0.1) is 17.9 Å². The maximum atomic E-state index is 5.93. The number of benzene rings is 1. The Morgan fingerprint density at radius 1 is 1.39 bits per heavy atom. The number of hydrogen-bond donors (Lipinski definition) is 1. The van der Waals surface area contributed by atoms with Crippen molar-refractivity contribution >= 4 is 39.9 Å². The molecule has 1 aromatic heterocycles. The van der Waals surface area contributed by atoms with Gasteiger partial charge in [0, 0.05) is 21.3 Å². The molecule has 5 heteroatoms. The first-order valence-corrected chi connectivity index (χ1v) is 7.26. The third-order valence-corrected chi connectivity index (χ3v) is 3.91. The van der Waals surface area contributed by atoms with E-state index in [1.54, 1.807) is 0 Å². The van der Waals surface area contributed by atoms with Crippen LogP contribution in [0.5, 0.6) is 0 Å². The lowest BCUT2D eigenvalue weighted by Crippen LogP contribution is -2.06. The van der Waals surface area contributed by atoms with E-state index < -0.39 is 0 Å². The van der Waals surface area contributed by atoms with Crippen LogP contribution in [-0.2, 0) is 20.0 Å². The molecule has 0 aliphatic heterocycles. The average molecular weight is 376 g/mol. The molecule has 0 aliphatic carbocycles. The van der Waals surface area contributed by atoms with Gasteiger partial charge >= 0.3 is 0 Å². The molecule has 2 aromatic rings. The molecule has 18 heavy (non-hydrogen) atoms. The highest BCUT2D eigenvalue weighted by Crippen LogP contribution is 2.22. The first-order valence-electron chi connectivity index (χ1n) is 5.81. The average Bonchev–Trinajstić information content (AvgIpc) is 2.69. The lowest BCUT2D eigenvalue weighted by Gasteiger charge is -2.08. The van der Waals surface area contributed by atoms with E-state index in [4.69, 9.17) is 11.6 Å². The van der Waals surface area contributed by atoms with Crippen LogP contribution in [0.1, 0.15) is 18.3 Å². The number of halogens is 2. The van der Waals surface area contributed by atoms with Crippen molar-refractivity contribution < 1.29 is 0 Å². The molecule has 0 spiro atoms. The molecule has 0 radical (unpaired) electrons. The number of hydrogen-bond acceptors (Lipinski definition) is 2. The van der Waals surface area contributed by atoms with Crippen LogP contribution in [0, 0.1) is 3.57 Å². The molecule has 0 atom stereocenters. The zero-order chi connectivity index (χ0) is 13.1. The van der Waals surface area contributed by atoms with Crippen LogP contribution >= 0.6 is 34.2 Å². The third-order valence-electron chi connectivity index (χ3n) is 2.78. The van der Waals surface area contributed by atoms with Crippen LogP contribution in [0.4, 0.5) is 5.69 Å². The topological polar surface area (TPSA) is 29.9 Å². The lowest BCUT2D eigenvalue weighted by molar-refractivity contribution is 0.707. The van der Waals surface area contributed by atoms with E-state index in [1.807, 2.05) is 29.9 Å². The van der Waals surface area contributed by atoms with Gasteiger partial charge in [0.25, 0.3) is 0 Å².